The molecule has 2 aromatic rings. The van der Waals surface area contributed by atoms with E-state index >= 15 is 0 Å². The number of carbonyl (C=O) groups is 1. The van der Waals surface area contributed by atoms with E-state index in [1.54, 1.807) is 4.72 Å². The second-order valence-corrected chi connectivity index (χ2v) is 7.08. The molecule has 0 saturated heterocycles. The molecule has 25 heavy (non-hydrogen) atoms. The Bertz CT molecular complexity index is 934. The molecule has 1 amide bonds. The van der Waals surface area contributed by atoms with Gasteiger partial charge in [0.2, 0.25) is 10.0 Å². The Morgan fingerprint density at radius 3 is 2.32 bits per heavy atom. The lowest BCUT2D eigenvalue weighted by molar-refractivity contribution is 0.0977. The molecule has 1 N–H and O–H groups in total. The van der Waals surface area contributed by atoms with Crippen molar-refractivity contribution in [3.63, 3.8) is 0 Å². The first kappa shape index (κ1) is 18.9. The number of carbonyl (C=O) groups excluding carboxylic acids is 1. The van der Waals surface area contributed by atoms with Crippen molar-refractivity contribution in [1.29, 1.82) is 0 Å². The molecular formula is C15H12ClF2NO5S. The molecule has 134 valence electrons. The summed E-state index contributed by atoms with van der Waals surface area (Å²) in [5.41, 5.74) is -0.779. The topological polar surface area (TPSA) is 81.7 Å². The van der Waals surface area contributed by atoms with Gasteiger partial charge in [-0.1, -0.05) is 11.6 Å². The van der Waals surface area contributed by atoms with E-state index < -0.39 is 38.9 Å². The van der Waals surface area contributed by atoms with Crippen molar-refractivity contribution in [3.8, 4) is 17.2 Å². The van der Waals surface area contributed by atoms with E-state index in [2.05, 4.69) is 0 Å². The van der Waals surface area contributed by atoms with Gasteiger partial charge in [0, 0.05) is 17.2 Å². The molecule has 10 heteroatoms. The number of hydrogen-bond acceptors (Lipinski definition) is 5. The van der Waals surface area contributed by atoms with E-state index in [-0.39, 0.29) is 10.8 Å². The Hall–Kier alpha value is -2.39. The highest BCUT2D eigenvalue weighted by Crippen LogP contribution is 2.31. The van der Waals surface area contributed by atoms with Crippen molar-refractivity contribution in [1.82, 2.24) is 4.72 Å². The van der Waals surface area contributed by atoms with Gasteiger partial charge in [0.25, 0.3) is 5.91 Å². The SMILES string of the molecule is COc1cc(Cl)cc(Oc2cc(F)c(C(=O)NS(C)(=O)=O)cc2F)c1. The molecule has 0 atom stereocenters. The number of halogens is 3. The van der Waals surface area contributed by atoms with Gasteiger partial charge in [-0.15, -0.1) is 0 Å². The first-order valence-electron chi connectivity index (χ1n) is 6.62. The zero-order chi connectivity index (χ0) is 18.8. The predicted molar refractivity (Wildman–Crippen MR) is 86.7 cm³/mol. The average molecular weight is 392 g/mol. The standard InChI is InChI=1S/C15H12ClF2NO5S/c1-23-9-3-8(16)4-10(5-9)24-14-7-12(17)11(6-13(14)18)15(20)19-25(2,21)22/h3-7H,1-2H3,(H,19,20). The predicted octanol–water partition coefficient (Wildman–Crippen LogP) is 3.11. The van der Waals surface area contributed by atoms with Crippen LogP contribution in [-0.4, -0.2) is 27.7 Å². The minimum atomic E-state index is -3.92. The van der Waals surface area contributed by atoms with Gasteiger partial charge in [0.05, 0.1) is 18.9 Å². The number of nitrogens with one attached hydrogen (secondary N) is 1. The lowest BCUT2D eigenvalue weighted by atomic mass is 10.2. The first-order valence-corrected chi connectivity index (χ1v) is 8.89. The molecule has 0 aliphatic heterocycles. The van der Waals surface area contributed by atoms with E-state index in [9.17, 15) is 22.0 Å². The summed E-state index contributed by atoms with van der Waals surface area (Å²) in [7, 11) is -2.53. The van der Waals surface area contributed by atoms with Crippen LogP contribution in [0.2, 0.25) is 5.02 Å². The highest BCUT2D eigenvalue weighted by Gasteiger charge is 2.20. The Kier molecular flexibility index (Phi) is 5.48. The van der Waals surface area contributed by atoms with Crippen molar-refractivity contribution in [3.05, 3.63) is 52.6 Å². The average Bonchev–Trinajstić information content (AvgIpc) is 2.48. The van der Waals surface area contributed by atoms with E-state index in [4.69, 9.17) is 21.1 Å². The molecular weight excluding hydrogens is 380 g/mol. The number of benzene rings is 2. The van der Waals surface area contributed by atoms with Crippen LogP contribution in [0.3, 0.4) is 0 Å². The highest BCUT2D eigenvalue weighted by molar-refractivity contribution is 7.89. The Morgan fingerprint density at radius 1 is 1.08 bits per heavy atom. The Labute approximate surface area is 147 Å². The van der Waals surface area contributed by atoms with E-state index in [0.29, 0.717) is 24.1 Å². The van der Waals surface area contributed by atoms with Crippen LogP contribution in [0.15, 0.2) is 30.3 Å². The Morgan fingerprint density at radius 2 is 1.72 bits per heavy atom. The normalized spacial score (nSPS) is 11.1. The lowest BCUT2D eigenvalue weighted by Gasteiger charge is -2.11. The van der Waals surface area contributed by atoms with Crippen LogP contribution >= 0.6 is 11.6 Å². The quantitative estimate of drug-likeness (QED) is 0.847. The maximum Gasteiger partial charge on any atom is 0.267 e. The summed E-state index contributed by atoms with van der Waals surface area (Å²) in [6, 6.07) is 5.40. The van der Waals surface area contributed by atoms with Crippen molar-refractivity contribution in [2.24, 2.45) is 0 Å². The second kappa shape index (κ2) is 7.24. The molecule has 2 aromatic carbocycles. The monoisotopic (exact) mass is 391 g/mol. The van der Waals surface area contributed by atoms with Crippen LogP contribution in [0.5, 0.6) is 17.2 Å². The summed E-state index contributed by atoms with van der Waals surface area (Å²) in [6.07, 6.45) is 0.711. The molecule has 0 aliphatic rings. The summed E-state index contributed by atoms with van der Waals surface area (Å²) < 4.78 is 61.9. The number of hydrogen-bond donors (Lipinski definition) is 1. The van der Waals surface area contributed by atoms with Crippen LogP contribution in [0, 0.1) is 11.6 Å². The summed E-state index contributed by atoms with van der Waals surface area (Å²) in [4.78, 5) is 11.7. The van der Waals surface area contributed by atoms with Gasteiger partial charge < -0.3 is 9.47 Å². The van der Waals surface area contributed by atoms with Crippen molar-refractivity contribution in [2.45, 2.75) is 0 Å². The molecule has 0 aliphatic carbocycles. The third kappa shape index (κ3) is 5.04. The third-order valence-corrected chi connectivity index (χ3v) is 3.63. The maximum absolute atomic E-state index is 14.1. The molecule has 0 bridgehead atoms. The number of ether oxygens (including phenoxy) is 2. The molecule has 0 heterocycles. The zero-order valence-corrected chi connectivity index (χ0v) is 14.5. The van der Waals surface area contributed by atoms with Crippen LogP contribution in [-0.2, 0) is 10.0 Å². The van der Waals surface area contributed by atoms with Gasteiger partial charge in [-0.2, -0.15) is 0 Å². The van der Waals surface area contributed by atoms with Crippen molar-refractivity contribution < 1.29 is 31.5 Å². The minimum absolute atomic E-state index is 0.0796. The van der Waals surface area contributed by atoms with Gasteiger partial charge in [-0.05, 0) is 18.2 Å². The maximum atomic E-state index is 14.1. The van der Waals surface area contributed by atoms with Crippen LogP contribution in [0.25, 0.3) is 0 Å². The lowest BCUT2D eigenvalue weighted by Crippen LogP contribution is -2.30. The fourth-order valence-corrected chi connectivity index (χ4v) is 2.51. The molecule has 0 unspecified atom stereocenters. The highest BCUT2D eigenvalue weighted by atomic mass is 35.5. The minimum Gasteiger partial charge on any atom is -0.497 e. The number of sulfonamides is 1. The Balaban J connectivity index is 2.34. The molecule has 6 nitrogen and oxygen atoms in total. The van der Waals surface area contributed by atoms with Gasteiger partial charge in [0.15, 0.2) is 11.6 Å². The first-order chi connectivity index (χ1) is 11.6. The molecule has 0 fully saturated rings. The second-order valence-electron chi connectivity index (χ2n) is 4.89. The molecule has 0 saturated carbocycles. The van der Waals surface area contributed by atoms with Crippen LogP contribution in [0.1, 0.15) is 10.4 Å². The summed E-state index contributed by atoms with van der Waals surface area (Å²) in [6.45, 7) is 0. The molecule has 2 rings (SSSR count). The fourth-order valence-electron chi connectivity index (χ4n) is 1.84. The number of rotatable bonds is 5. The zero-order valence-electron chi connectivity index (χ0n) is 13.0. The van der Waals surface area contributed by atoms with Crippen LogP contribution in [0.4, 0.5) is 8.78 Å². The van der Waals surface area contributed by atoms with E-state index in [0.717, 1.165) is 0 Å². The third-order valence-electron chi connectivity index (χ3n) is 2.85. The summed E-state index contributed by atoms with van der Waals surface area (Å²) in [5.74, 6) is -3.62. The fraction of sp³-hybridized carbons (Fsp3) is 0.133. The van der Waals surface area contributed by atoms with Gasteiger partial charge >= 0.3 is 0 Å². The largest absolute Gasteiger partial charge is 0.497 e. The summed E-state index contributed by atoms with van der Waals surface area (Å²) >= 11 is 5.86. The van der Waals surface area contributed by atoms with Gasteiger partial charge in [0.1, 0.15) is 17.3 Å². The van der Waals surface area contributed by atoms with Crippen molar-refractivity contribution in [2.75, 3.05) is 13.4 Å². The summed E-state index contributed by atoms with van der Waals surface area (Å²) in [5, 5.41) is 0.249. The molecule has 0 spiro atoms. The van der Waals surface area contributed by atoms with Gasteiger partial charge in [-0.25, -0.2) is 21.9 Å². The smallest absolute Gasteiger partial charge is 0.267 e. The number of methoxy groups -OCH3 is 1. The molecule has 0 aromatic heterocycles. The van der Waals surface area contributed by atoms with Crippen LogP contribution < -0.4 is 14.2 Å². The van der Waals surface area contributed by atoms with Crippen molar-refractivity contribution >= 4 is 27.5 Å². The van der Waals surface area contributed by atoms with E-state index in [1.807, 2.05) is 0 Å². The number of amides is 1. The van der Waals surface area contributed by atoms with E-state index in [1.165, 1.54) is 25.3 Å². The molecule has 0 radical (unpaired) electrons. The van der Waals surface area contributed by atoms with Gasteiger partial charge in [-0.3, -0.25) is 4.79 Å².